The second-order valence-corrected chi connectivity index (χ2v) is 7.23. The summed E-state index contributed by atoms with van der Waals surface area (Å²) in [6.45, 7) is 4.36. The second kappa shape index (κ2) is 8.36. The summed E-state index contributed by atoms with van der Waals surface area (Å²) in [4.78, 5) is 8.11. The van der Waals surface area contributed by atoms with Gasteiger partial charge in [-0.15, -0.1) is 0 Å². The van der Waals surface area contributed by atoms with Gasteiger partial charge in [-0.1, -0.05) is 43.0 Å². The molecule has 4 rings (SSSR count). The molecule has 0 aliphatic rings. The van der Waals surface area contributed by atoms with Gasteiger partial charge in [-0.05, 0) is 45.7 Å². The first-order chi connectivity index (χ1) is 15.0. The summed E-state index contributed by atoms with van der Waals surface area (Å²) in [6, 6.07) is 18.5. The molecule has 0 bridgehead atoms. The van der Waals surface area contributed by atoms with Crippen molar-refractivity contribution in [3.05, 3.63) is 89.6 Å². The molecule has 156 valence electrons. The van der Waals surface area contributed by atoms with Crippen LogP contribution in [-0.4, -0.2) is 24.2 Å². The third kappa shape index (κ3) is 4.00. The number of ether oxygens (including phenoxy) is 2. The Morgan fingerprint density at radius 1 is 0.968 bits per heavy atom. The van der Waals surface area contributed by atoms with Gasteiger partial charge in [0.15, 0.2) is 11.5 Å². The Morgan fingerprint density at radius 2 is 1.74 bits per heavy atom. The van der Waals surface area contributed by atoms with E-state index in [0.717, 1.165) is 33.2 Å². The molecule has 0 aliphatic heterocycles. The van der Waals surface area contributed by atoms with Crippen LogP contribution in [0.3, 0.4) is 0 Å². The minimum Gasteiger partial charge on any atom is -0.493 e. The number of hydrogen-bond donors (Lipinski definition) is 2. The number of aromatic nitrogens is 2. The summed E-state index contributed by atoms with van der Waals surface area (Å²) in [7, 11) is 3.24. The van der Waals surface area contributed by atoms with Crippen molar-refractivity contribution in [1.82, 2.24) is 9.97 Å². The van der Waals surface area contributed by atoms with Crippen LogP contribution in [0.2, 0.25) is 0 Å². The highest BCUT2D eigenvalue weighted by molar-refractivity contribution is 5.90. The van der Waals surface area contributed by atoms with Gasteiger partial charge in [0.2, 0.25) is 5.95 Å². The first kappa shape index (κ1) is 20.2. The predicted molar refractivity (Wildman–Crippen MR) is 125 cm³/mol. The first-order valence-corrected chi connectivity index (χ1v) is 9.80. The number of nitrogens with zero attached hydrogens (tertiary/aromatic N) is 2. The number of nitrogens with two attached hydrogens (primary N) is 2. The second-order valence-electron chi connectivity index (χ2n) is 7.23. The smallest absolute Gasteiger partial charge is 0.221 e. The maximum atomic E-state index is 6.03. The average molecular weight is 412 g/mol. The standard InChI is InChI=1S/C25H24N4O2/c1-15(18-9-8-17-6-4-5-7-19(17)13-18)21-11-16(12-22(30-2)23(21)31-3)10-20-14-28-25(27)29-24(20)26/h4-9,11-14H,1,10H2,2-3H3,(H4,26,27,28,29). The van der Waals surface area contributed by atoms with Crippen LogP contribution in [0.15, 0.2) is 67.4 Å². The Morgan fingerprint density at radius 3 is 2.45 bits per heavy atom. The fourth-order valence-corrected chi connectivity index (χ4v) is 3.67. The molecule has 6 heteroatoms. The molecule has 0 amide bonds. The van der Waals surface area contributed by atoms with Crippen molar-refractivity contribution in [1.29, 1.82) is 0 Å². The molecule has 0 fully saturated rings. The minimum absolute atomic E-state index is 0.152. The van der Waals surface area contributed by atoms with Gasteiger partial charge in [-0.25, -0.2) is 4.98 Å². The number of methoxy groups -OCH3 is 2. The van der Waals surface area contributed by atoms with Crippen molar-refractivity contribution in [2.24, 2.45) is 0 Å². The molecular formula is C25H24N4O2. The molecule has 6 nitrogen and oxygen atoms in total. The third-order valence-corrected chi connectivity index (χ3v) is 5.27. The number of fused-ring (bicyclic) bond motifs is 1. The van der Waals surface area contributed by atoms with E-state index in [-0.39, 0.29) is 5.95 Å². The summed E-state index contributed by atoms with van der Waals surface area (Å²) in [5.74, 6) is 1.76. The van der Waals surface area contributed by atoms with Gasteiger partial charge in [0.1, 0.15) is 5.82 Å². The van der Waals surface area contributed by atoms with Gasteiger partial charge in [0, 0.05) is 23.7 Å². The fraction of sp³-hybridized carbons (Fsp3) is 0.120. The van der Waals surface area contributed by atoms with Crippen LogP contribution in [0.1, 0.15) is 22.3 Å². The molecule has 1 heterocycles. The molecule has 0 atom stereocenters. The zero-order valence-corrected chi connectivity index (χ0v) is 17.6. The predicted octanol–water partition coefficient (Wildman–Crippen LogP) is 4.46. The topological polar surface area (TPSA) is 96.3 Å². The van der Waals surface area contributed by atoms with Gasteiger partial charge >= 0.3 is 0 Å². The van der Waals surface area contributed by atoms with E-state index < -0.39 is 0 Å². The Balaban J connectivity index is 1.79. The number of rotatable bonds is 6. The molecule has 1 aromatic heterocycles. The molecule has 4 N–H and O–H groups in total. The number of anilines is 2. The molecule has 0 aliphatic carbocycles. The highest BCUT2D eigenvalue weighted by Crippen LogP contribution is 2.39. The van der Waals surface area contributed by atoms with Crippen molar-refractivity contribution < 1.29 is 9.47 Å². The quantitative estimate of drug-likeness (QED) is 0.485. The van der Waals surface area contributed by atoms with Crippen LogP contribution in [0.4, 0.5) is 11.8 Å². The van der Waals surface area contributed by atoms with E-state index in [4.69, 9.17) is 20.9 Å². The summed E-state index contributed by atoms with van der Waals surface area (Å²) in [5.41, 5.74) is 16.1. The molecule has 0 spiro atoms. The number of benzene rings is 3. The average Bonchev–Trinajstić information content (AvgIpc) is 2.79. The van der Waals surface area contributed by atoms with Crippen LogP contribution in [0, 0.1) is 0 Å². The van der Waals surface area contributed by atoms with Crippen LogP contribution >= 0.6 is 0 Å². The van der Waals surface area contributed by atoms with Crippen molar-refractivity contribution in [2.75, 3.05) is 25.7 Å². The van der Waals surface area contributed by atoms with E-state index in [1.54, 1.807) is 20.4 Å². The fourth-order valence-electron chi connectivity index (χ4n) is 3.67. The van der Waals surface area contributed by atoms with E-state index in [2.05, 4.69) is 46.9 Å². The van der Waals surface area contributed by atoms with Crippen LogP contribution < -0.4 is 20.9 Å². The van der Waals surface area contributed by atoms with Crippen LogP contribution in [0.5, 0.6) is 11.5 Å². The monoisotopic (exact) mass is 412 g/mol. The van der Waals surface area contributed by atoms with E-state index >= 15 is 0 Å². The Bertz CT molecular complexity index is 1280. The molecular weight excluding hydrogens is 388 g/mol. The molecule has 4 aromatic rings. The Labute approximate surface area is 181 Å². The maximum absolute atomic E-state index is 6.03. The molecule has 0 saturated heterocycles. The highest BCUT2D eigenvalue weighted by Gasteiger charge is 2.17. The lowest BCUT2D eigenvalue weighted by Crippen LogP contribution is -2.05. The van der Waals surface area contributed by atoms with Crippen LogP contribution in [0.25, 0.3) is 16.3 Å². The van der Waals surface area contributed by atoms with Crippen molar-refractivity contribution in [2.45, 2.75) is 6.42 Å². The normalized spacial score (nSPS) is 10.8. The molecule has 3 aromatic carbocycles. The maximum Gasteiger partial charge on any atom is 0.221 e. The van der Waals surface area contributed by atoms with Crippen molar-refractivity contribution >= 4 is 28.1 Å². The molecule has 0 saturated carbocycles. The van der Waals surface area contributed by atoms with Gasteiger partial charge in [0.05, 0.1) is 14.2 Å². The van der Waals surface area contributed by atoms with Gasteiger partial charge in [-0.2, -0.15) is 4.98 Å². The summed E-state index contributed by atoms with van der Waals surface area (Å²) < 4.78 is 11.3. The van der Waals surface area contributed by atoms with E-state index in [9.17, 15) is 0 Å². The summed E-state index contributed by atoms with van der Waals surface area (Å²) in [5, 5.41) is 2.33. The molecule has 0 unspecified atom stereocenters. The minimum atomic E-state index is 0.152. The summed E-state index contributed by atoms with van der Waals surface area (Å²) >= 11 is 0. The van der Waals surface area contributed by atoms with E-state index in [1.807, 2.05) is 24.3 Å². The van der Waals surface area contributed by atoms with E-state index in [1.165, 1.54) is 5.39 Å². The van der Waals surface area contributed by atoms with Gasteiger partial charge in [0.25, 0.3) is 0 Å². The van der Waals surface area contributed by atoms with Crippen molar-refractivity contribution in [3.63, 3.8) is 0 Å². The summed E-state index contributed by atoms with van der Waals surface area (Å²) in [6.07, 6.45) is 2.16. The van der Waals surface area contributed by atoms with Gasteiger partial charge < -0.3 is 20.9 Å². The zero-order chi connectivity index (χ0) is 22.0. The third-order valence-electron chi connectivity index (χ3n) is 5.27. The largest absolute Gasteiger partial charge is 0.493 e. The number of hydrogen-bond acceptors (Lipinski definition) is 6. The zero-order valence-electron chi connectivity index (χ0n) is 17.6. The van der Waals surface area contributed by atoms with Crippen LogP contribution in [-0.2, 0) is 6.42 Å². The van der Waals surface area contributed by atoms with Crippen molar-refractivity contribution in [3.8, 4) is 11.5 Å². The lowest BCUT2D eigenvalue weighted by Gasteiger charge is -2.17. The highest BCUT2D eigenvalue weighted by atomic mass is 16.5. The van der Waals surface area contributed by atoms with Gasteiger partial charge in [-0.3, -0.25) is 0 Å². The lowest BCUT2D eigenvalue weighted by atomic mass is 9.93. The number of nitrogen functional groups attached to an aromatic ring is 2. The van der Waals surface area contributed by atoms with E-state index in [0.29, 0.717) is 23.7 Å². The lowest BCUT2D eigenvalue weighted by molar-refractivity contribution is 0.354. The molecule has 0 radical (unpaired) electrons. The molecule has 31 heavy (non-hydrogen) atoms. The SMILES string of the molecule is C=C(c1ccc2ccccc2c1)c1cc(Cc2cnc(N)nc2N)cc(OC)c1OC. The Hall–Kier alpha value is -4.06. The first-order valence-electron chi connectivity index (χ1n) is 9.80. The Kier molecular flexibility index (Phi) is 5.45.